The van der Waals surface area contributed by atoms with Gasteiger partial charge in [0, 0.05) is 28.3 Å². The molecule has 310 valence electrons. The topological polar surface area (TPSA) is 35.5 Å². The minimum atomic E-state index is -0.0718. The fraction of sp³-hybridized carbons (Fsp3) is 0.138. The summed E-state index contributed by atoms with van der Waals surface area (Å²) in [4.78, 5) is 17.9. The Morgan fingerprint density at radius 3 is 1.81 bits per heavy atom. The number of hydrogen-bond donors (Lipinski definition) is 0. The summed E-state index contributed by atoms with van der Waals surface area (Å²) in [6.07, 6.45) is 4.06. The molecule has 2 aliphatic heterocycles. The summed E-state index contributed by atoms with van der Waals surface area (Å²) in [5.41, 5.74) is 15.9. The molecule has 6 heteroatoms. The van der Waals surface area contributed by atoms with Gasteiger partial charge in [0.1, 0.15) is 11.6 Å². The number of rotatable bonds is 6. The van der Waals surface area contributed by atoms with Crippen LogP contribution in [0, 0.1) is 0 Å². The summed E-state index contributed by atoms with van der Waals surface area (Å²) in [5, 5.41) is 2.43. The summed E-state index contributed by atoms with van der Waals surface area (Å²) in [5.74, 6) is 1.72. The predicted molar refractivity (Wildman–Crippen MR) is 271 cm³/mol. The summed E-state index contributed by atoms with van der Waals surface area (Å²) >= 11 is 0. The molecule has 5 nitrogen and oxygen atoms in total. The van der Waals surface area contributed by atoms with Gasteiger partial charge in [-0.1, -0.05) is 163 Å². The molecule has 0 atom stereocenters. The Labute approximate surface area is 377 Å². The maximum absolute atomic E-state index is 5.88. The lowest BCUT2D eigenvalue weighted by atomic mass is 9.34. The molecular weight excluding hydrogens is 777 g/mol. The molecule has 0 saturated heterocycles. The van der Waals surface area contributed by atoms with E-state index in [1.807, 2.05) is 12.4 Å². The molecule has 0 fully saturated rings. The van der Waals surface area contributed by atoms with Gasteiger partial charge in [-0.2, -0.15) is 0 Å². The first kappa shape index (κ1) is 39.4. The molecule has 2 aliphatic rings. The molecule has 0 amide bonds. The van der Waals surface area contributed by atoms with E-state index in [2.05, 4.69) is 238 Å². The summed E-state index contributed by atoms with van der Waals surface area (Å²) < 4.78 is 0. The average molecular weight is 828 g/mol. The molecule has 11 rings (SSSR count). The van der Waals surface area contributed by atoms with E-state index in [0.29, 0.717) is 0 Å². The first-order valence-corrected chi connectivity index (χ1v) is 22.4. The van der Waals surface area contributed by atoms with Crippen LogP contribution in [0.25, 0.3) is 21.9 Å². The Hall–Kier alpha value is -7.44. The van der Waals surface area contributed by atoms with E-state index in [-0.39, 0.29) is 17.5 Å². The van der Waals surface area contributed by atoms with Gasteiger partial charge in [-0.15, -0.1) is 0 Å². The lowest BCUT2D eigenvalue weighted by Gasteiger charge is -2.43. The van der Waals surface area contributed by atoms with E-state index in [9.17, 15) is 0 Å². The zero-order valence-electron chi connectivity index (χ0n) is 37.3. The number of nitrogens with zero attached hydrogens (tertiary/aromatic N) is 5. The maximum Gasteiger partial charge on any atom is 0.254 e. The van der Waals surface area contributed by atoms with Gasteiger partial charge in [0.2, 0.25) is 0 Å². The van der Waals surface area contributed by atoms with Gasteiger partial charge < -0.3 is 4.90 Å². The van der Waals surface area contributed by atoms with Crippen LogP contribution >= 0.6 is 0 Å². The lowest BCUT2D eigenvalue weighted by molar-refractivity contribution is 0.590. The minimum Gasteiger partial charge on any atom is -0.310 e. The zero-order valence-corrected chi connectivity index (χ0v) is 37.3. The third-order valence-electron chi connectivity index (χ3n) is 13.1. The molecule has 4 heterocycles. The number of aromatic nitrogens is 2. The first-order chi connectivity index (χ1) is 31.0. The maximum atomic E-state index is 5.88. The number of pyridine rings is 2. The van der Waals surface area contributed by atoms with Crippen LogP contribution in [0.3, 0.4) is 0 Å². The Kier molecular flexibility index (Phi) is 9.32. The molecule has 9 aromatic rings. The van der Waals surface area contributed by atoms with E-state index >= 15 is 0 Å². The highest BCUT2D eigenvalue weighted by Crippen LogP contribution is 2.47. The molecule has 0 bridgehead atoms. The van der Waals surface area contributed by atoms with Crippen LogP contribution < -0.4 is 31.1 Å². The molecule has 0 radical (unpaired) electrons. The van der Waals surface area contributed by atoms with Crippen molar-refractivity contribution in [3.8, 4) is 11.1 Å². The molecule has 0 unspecified atom stereocenters. The van der Waals surface area contributed by atoms with Crippen LogP contribution in [-0.2, 0) is 10.8 Å². The predicted octanol–water partition coefficient (Wildman–Crippen LogP) is 13.4. The highest BCUT2D eigenvalue weighted by molar-refractivity contribution is 7.00. The Bertz CT molecular complexity index is 3200. The van der Waals surface area contributed by atoms with Crippen LogP contribution in [0.2, 0.25) is 0 Å². The van der Waals surface area contributed by atoms with Crippen LogP contribution in [0.15, 0.2) is 194 Å². The van der Waals surface area contributed by atoms with Gasteiger partial charge in [0.05, 0.1) is 29.5 Å². The number of para-hydroxylation sites is 3. The quantitative estimate of drug-likeness (QED) is 0.156. The van der Waals surface area contributed by atoms with Crippen molar-refractivity contribution in [2.45, 2.75) is 52.4 Å². The van der Waals surface area contributed by atoms with Crippen LogP contribution in [0.5, 0.6) is 0 Å². The Morgan fingerprint density at radius 1 is 0.484 bits per heavy atom. The second kappa shape index (κ2) is 15.1. The monoisotopic (exact) mass is 827 g/mol. The van der Waals surface area contributed by atoms with Crippen LogP contribution in [-0.4, -0.2) is 16.7 Å². The second-order valence-electron chi connectivity index (χ2n) is 19.1. The van der Waals surface area contributed by atoms with Crippen molar-refractivity contribution in [1.82, 2.24) is 9.97 Å². The number of fused-ring (bicyclic) bond motifs is 5. The molecule has 64 heavy (non-hydrogen) atoms. The molecule has 7 aromatic carbocycles. The van der Waals surface area contributed by atoms with Gasteiger partial charge in [-0.3, -0.25) is 14.8 Å². The number of benzene rings is 7. The zero-order chi connectivity index (χ0) is 43.7. The summed E-state index contributed by atoms with van der Waals surface area (Å²) in [6.45, 7) is 13.6. The fourth-order valence-electron chi connectivity index (χ4n) is 9.81. The van der Waals surface area contributed by atoms with Crippen molar-refractivity contribution in [2.75, 3.05) is 14.7 Å². The van der Waals surface area contributed by atoms with Gasteiger partial charge in [0.15, 0.2) is 0 Å². The van der Waals surface area contributed by atoms with Crippen LogP contribution in [0.4, 0.5) is 51.4 Å². The second-order valence-corrected chi connectivity index (χ2v) is 19.1. The van der Waals surface area contributed by atoms with Gasteiger partial charge in [0.25, 0.3) is 6.71 Å². The van der Waals surface area contributed by atoms with Gasteiger partial charge in [-0.25, -0.2) is 4.98 Å². The fourth-order valence-corrected chi connectivity index (χ4v) is 9.81. The number of anilines is 9. The first-order valence-electron chi connectivity index (χ1n) is 22.4. The molecule has 0 saturated carbocycles. The van der Waals surface area contributed by atoms with Crippen molar-refractivity contribution in [3.63, 3.8) is 0 Å². The summed E-state index contributed by atoms with van der Waals surface area (Å²) in [7, 11) is 0. The lowest BCUT2D eigenvalue weighted by Crippen LogP contribution is -2.61. The Balaban J connectivity index is 1.18. The third kappa shape index (κ3) is 6.55. The van der Waals surface area contributed by atoms with Crippen molar-refractivity contribution < 1.29 is 0 Å². The Morgan fingerprint density at radius 2 is 1.09 bits per heavy atom. The average Bonchev–Trinajstić information content (AvgIpc) is 3.31. The van der Waals surface area contributed by atoms with E-state index in [1.165, 1.54) is 38.4 Å². The van der Waals surface area contributed by atoms with E-state index in [0.717, 1.165) is 62.5 Å². The van der Waals surface area contributed by atoms with Gasteiger partial charge >= 0.3 is 0 Å². The standard InChI is InChI=1S/C58H50BN5/c1-57(2,3)40-28-31-44(32-29-40)63(50-34-30-41(58(4,5)6)36-47(50)46-25-17-19-39-18-13-14-24-45(39)46)54-35-33-49-56(61-54)64(43-22-11-8-12-23-43)53-38-60-37-52-55(53)59(49)48-26-15-16-27-51(48)62(52)42-20-9-7-10-21-42/h7-38H,1-6H3. The molecule has 2 aromatic heterocycles. The van der Waals surface area contributed by atoms with E-state index in [4.69, 9.17) is 9.97 Å². The van der Waals surface area contributed by atoms with Crippen molar-refractivity contribution in [1.29, 1.82) is 0 Å². The van der Waals surface area contributed by atoms with E-state index in [1.54, 1.807) is 0 Å². The molecule has 0 aliphatic carbocycles. The smallest absolute Gasteiger partial charge is 0.254 e. The molecule has 0 spiro atoms. The highest BCUT2D eigenvalue weighted by atomic mass is 15.3. The number of hydrogen-bond acceptors (Lipinski definition) is 5. The van der Waals surface area contributed by atoms with Gasteiger partial charge in [-0.05, 0) is 115 Å². The normalized spacial score (nSPS) is 13.1. The highest BCUT2D eigenvalue weighted by Gasteiger charge is 2.44. The third-order valence-corrected chi connectivity index (χ3v) is 13.1. The largest absolute Gasteiger partial charge is 0.310 e. The van der Waals surface area contributed by atoms with Crippen molar-refractivity contribution >= 4 is 85.3 Å². The van der Waals surface area contributed by atoms with Crippen molar-refractivity contribution in [3.05, 3.63) is 206 Å². The molecular formula is C58H50BN5. The molecule has 0 N–H and O–H groups in total. The summed E-state index contributed by atoms with van der Waals surface area (Å²) in [6, 6.07) is 66.2. The van der Waals surface area contributed by atoms with Crippen molar-refractivity contribution in [2.24, 2.45) is 0 Å². The van der Waals surface area contributed by atoms with Crippen LogP contribution in [0.1, 0.15) is 52.7 Å². The SMILES string of the molecule is CC(C)(C)c1ccc(N(c2ccc3c(n2)N(c2ccccc2)c2cncc4c2B3c2ccccc2N4c2ccccc2)c2ccc(C(C)(C)C)cc2-c2cccc3ccccc23)cc1. The minimum absolute atomic E-state index is 0.00125. The van der Waals surface area contributed by atoms with E-state index < -0.39 is 0 Å².